The molecule has 2 heterocycles. The van der Waals surface area contributed by atoms with Crippen LogP contribution in [-0.4, -0.2) is 29.6 Å². The zero-order chi connectivity index (χ0) is 13.0. The van der Waals surface area contributed by atoms with Crippen molar-refractivity contribution in [3.05, 3.63) is 23.9 Å². The lowest BCUT2D eigenvalue weighted by Crippen LogP contribution is -2.40. The normalized spacial score (nSPS) is 20.4. The fourth-order valence-corrected chi connectivity index (χ4v) is 1.99. The molecule has 0 aliphatic carbocycles. The van der Waals surface area contributed by atoms with Crippen LogP contribution < -0.4 is 16.6 Å². The molecule has 1 aliphatic heterocycles. The van der Waals surface area contributed by atoms with E-state index in [-0.39, 0.29) is 18.1 Å². The van der Waals surface area contributed by atoms with Crippen molar-refractivity contribution in [3.63, 3.8) is 0 Å². The number of ether oxygens (including phenoxy) is 1. The molecule has 0 bridgehead atoms. The molecule has 1 aromatic heterocycles. The quantitative estimate of drug-likeness (QED) is 0.539. The molecule has 1 aliphatic rings. The standard InChI is InChI=1S/C12H18N4O2/c1-8(10-3-2-6-18-10)15-12(17)9-4-5-11(16-13)14-7-9/h4-5,7-8,10H,2-3,6,13H2,1H3,(H,14,16)(H,15,17). The van der Waals surface area contributed by atoms with E-state index in [1.807, 2.05) is 6.92 Å². The van der Waals surface area contributed by atoms with Crippen LogP contribution in [0.2, 0.25) is 0 Å². The molecule has 1 aromatic rings. The van der Waals surface area contributed by atoms with Gasteiger partial charge < -0.3 is 15.5 Å². The smallest absolute Gasteiger partial charge is 0.253 e. The fraction of sp³-hybridized carbons (Fsp3) is 0.500. The molecule has 98 valence electrons. The van der Waals surface area contributed by atoms with Crippen LogP contribution in [0.25, 0.3) is 0 Å². The number of nitrogens with one attached hydrogen (secondary N) is 2. The maximum Gasteiger partial charge on any atom is 0.253 e. The minimum atomic E-state index is -0.144. The molecular formula is C12H18N4O2. The summed E-state index contributed by atoms with van der Waals surface area (Å²) in [5.74, 6) is 5.59. The number of carbonyl (C=O) groups is 1. The van der Waals surface area contributed by atoms with Crippen LogP contribution in [0.5, 0.6) is 0 Å². The number of anilines is 1. The number of nitrogen functional groups attached to an aromatic ring is 1. The number of hydrogen-bond donors (Lipinski definition) is 3. The summed E-state index contributed by atoms with van der Waals surface area (Å²) in [4.78, 5) is 15.9. The van der Waals surface area contributed by atoms with Crippen molar-refractivity contribution in [1.82, 2.24) is 10.3 Å². The number of pyridine rings is 1. The first-order chi connectivity index (χ1) is 8.70. The van der Waals surface area contributed by atoms with E-state index in [2.05, 4.69) is 15.7 Å². The molecule has 0 radical (unpaired) electrons. The lowest BCUT2D eigenvalue weighted by molar-refractivity contribution is 0.0712. The molecule has 18 heavy (non-hydrogen) atoms. The SMILES string of the molecule is CC(NC(=O)c1ccc(NN)nc1)C1CCCO1. The van der Waals surface area contributed by atoms with E-state index < -0.39 is 0 Å². The highest BCUT2D eigenvalue weighted by Gasteiger charge is 2.23. The minimum absolute atomic E-state index is 0.00677. The molecule has 0 aromatic carbocycles. The Morgan fingerprint density at radius 3 is 3.00 bits per heavy atom. The van der Waals surface area contributed by atoms with E-state index in [0.717, 1.165) is 19.4 Å². The van der Waals surface area contributed by atoms with E-state index >= 15 is 0 Å². The number of hydrogen-bond acceptors (Lipinski definition) is 5. The van der Waals surface area contributed by atoms with Gasteiger partial charge in [-0.1, -0.05) is 0 Å². The summed E-state index contributed by atoms with van der Waals surface area (Å²) in [6.07, 6.45) is 3.66. The van der Waals surface area contributed by atoms with E-state index in [1.165, 1.54) is 6.20 Å². The summed E-state index contributed by atoms with van der Waals surface area (Å²) in [5.41, 5.74) is 2.93. The van der Waals surface area contributed by atoms with Crippen molar-refractivity contribution in [2.75, 3.05) is 12.0 Å². The molecule has 6 heteroatoms. The first kappa shape index (κ1) is 12.8. The molecular weight excluding hydrogens is 232 g/mol. The Labute approximate surface area is 106 Å². The Hall–Kier alpha value is -1.66. The van der Waals surface area contributed by atoms with Crippen molar-refractivity contribution in [2.45, 2.75) is 31.9 Å². The zero-order valence-electron chi connectivity index (χ0n) is 10.3. The summed E-state index contributed by atoms with van der Waals surface area (Å²) in [6, 6.07) is 3.35. The molecule has 4 N–H and O–H groups in total. The number of nitrogens with two attached hydrogens (primary N) is 1. The van der Waals surface area contributed by atoms with Crippen molar-refractivity contribution >= 4 is 11.7 Å². The third-order valence-electron chi connectivity index (χ3n) is 3.05. The van der Waals surface area contributed by atoms with Gasteiger partial charge in [-0.05, 0) is 31.9 Å². The van der Waals surface area contributed by atoms with E-state index in [1.54, 1.807) is 12.1 Å². The van der Waals surface area contributed by atoms with Gasteiger partial charge in [0.15, 0.2) is 0 Å². The first-order valence-electron chi connectivity index (χ1n) is 6.06. The molecule has 6 nitrogen and oxygen atoms in total. The second-order valence-electron chi connectivity index (χ2n) is 4.39. The van der Waals surface area contributed by atoms with Gasteiger partial charge in [0.2, 0.25) is 0 Å². The third-order valence-corrected chi connectivity index (χ3v) is 3.05. The summed E-state index contributed by atoms with van der Waals surface area (Å²) < 4.78 is 5.53. The predicted molar refractivity (Wildman–Crippen MR) is 67.9 cm³/mol. The van der Waals surface area contributed by atoms with Gasteiger partial charge in [0.1, 0.15) is 5.82 Å². The highest BCUT2D eigenvalue weighted by Crippen LogP contribution is 2.15. The average molecular weight is 250 g/mol. The molecule has 1 saturated heterocycles. The number of nitrogens with zero attached hydrogens (tertiary/aromatic N) is 1. The molecule has 1 fully saturated rings. The maximum absolute atomic E-state index is 12.0. The van der Waals surface area contributed by atoms with Crippen LogP contribution in [0.1, 0.15) is 30.1 Å². The fourth-order valence-electron chi connectivity index (χ4n) is 1.99. The Bertz CT molecular complexity index is 401. The molecule has 2 rings (SSSR count). The van der Waals surface area contributed by atoms with Crippen molar-refractivity contribution in [1.29, 1.82) is 0 Å². The summed E-state index contributed by atoms with van der Waals surface area (Å²) in [7, 11) is 0. The van der Waals surface area contributed by atoms with Crippen molar-refractivity contribution in [2.24, 2.45) is 5.84 Å². The van der Waals surface area contributed by atoms with Crippen molar-refractivity contribution in [3.8, 4) is 0 Å². The maximum atomic E-state index is 12.0. The number of rotatable bonds is 4. The van der Waals surface area contributed by atoms with Gasteiger partial charge in [-0.3, -0.25) is 4.79 Å². The topological polar surface area (TPSA) is 89.3 Å². The largest absolute Gasteiger partial charge is 0.376 e. The lowest BCUT2D eigenvalue weighted by Gasteiger charge is -2.19. The van der Waals surface area contributed by atoms with Crippen LogP contribution in [0, 0.1) is 0 Å². The van der Waals surface area contributed by atoms with Crippen LogP contribution in [0.4, 0.5) is 5.82 Å². The molecule has 0 saturated carbocycles. The van der Waals surface area contributed by atoms with Crippen LogP contribution >= 0.6 is 0 Å². The summed E-state index contributed by atoms with van der Waals surface area (Å²) in [5, 5.41) is 2.92. The van der Waals surface area contributed by atoms with E-state index in [0.29, 0.717) is 11.4 Å². The average Bonchev–Trinajstić information content (AvgIpc) is 2.92. The second-order valence-corrected chi connectivity index (χ2v) is 4.39. The van der Waals surface area contributed by atoms with Crippen LogP contribution in [-0.2, 0) is 4.74 Å². The lowest BCUT2D eigenvalue weighted by atomic mass is 10.1. The Kier molecular flexibility index (Phi) is 4.11. The van der Waals surface area contributed by atoms with Gasteiger partial charge in [-0.25, -0.2) is 10.8 Å². The predicted octanol–water partition coefficient (Wildman–Crippen LogP) is 0.664. The number of aromatic nitrogens is 1. The number of hydrazine groups is 1. The van der Waals surface area contributed by atoms with Crippen molar-refractivity contribution < 1.29 is 9.53 Å². The Balaban J connectivity index is 1.93. The van der Waals surface area contributed by atoms with E-state index in [9.17, 15) is 4.79 Å². The van der Waals surface area contributed by atoms with Gasteiger partial charge >= 0.3 is 0 Å². The first-order valence-corrected chi connectivity index (χ1v) is 6.06. The Morgan fingerprint density at radius 2 is 2.44 bits per heavy atom. The summed E-state index contributed by atoms with van der Waals surface area (Å²) >= 11 is 0. The highest BCUT2D eigenvalue weighted by molar-refractivity contribution is 5.94. The van der Waals surface area contributed by atoms with Crippen LogP contribution in [0.15, 0.2) is 18.3 Å². The monoisotopic (exact) mass is 250 g/mol. The zero-order valence-corrected chi connectivity index (χ0v) is 10.3. The van der Waals surface area contributed by atoms with Gasteiger partial charge in [-0.2, -0.15) is 0 Å². The third kappa shape index (κ3) is 2.96. The van der Waals surface area contributed by atoms with Crippen LogP contribution in [0.3, 0.4) is 0 Å². The summed E-state index contributed by atoms with van der Waals surface area (Å²) in [6.45, 7) is 2.74. The van der Waals surface area contributed by atoms with E-state index in [4.69, 9.17) is 10.6 Å². The minimum Gasteiger partial charge on any atom is -0.376 e. The Morgan fingerprint density at radius 1 is 1.61 bits per heavy atom. The molecule has 2 atom stereocenters. The van der Waals surface area contributed by atoms with Gasteiger partial charge in [0, 0.05) is 12.8 Å². The van der Waals surface area contributed by atoms with Gasteiger partial charge in [-0.15, -0.1) is 0 Å². The second kappa shape index (κ2) is 5.79. The van der Waals surface area contributed by atoms with Gasteiger partial charge in [0.05, 0.1) is 17.7 Å². The van der Waals surface area contributed by atoms with Gasteiger partial charge in [0.25, 0.3) is 5.91 Å². The molecule has 0 spiro atoms. The molecule has 2 unspecified atom stereocenters. The molecule has 1 amide bonds. The number of amides is 1. The number of carbonyl (C=O) groups excluding carboxylic acids is 1. The highest BCUT2D eigenvalue weighted by atomic mass is 16.5.